The summed E-state index contributed by atoms with van der Waals surface area (Å²) in [6.07, 6.45) is 8.38. The molecule has 0 aliphatic heterocycles. The van der Waals surface area contributed by atoms with Gasteiger partial charge in [0, 0.05) is 24.5 Å². The average molecular weight is 275 g/mol. The van der Waals surface area contributed by atoms with Gasteiger partial charge in [0.05, 0.1) is 6.42 Å². The quantitative estimate of drug-likeness (QED) is 0.863. The van der Waals surface area contributed by atoms with Crippen molar-refractivity contribution in [3.8, 4) is 0 Å². The summed E-state index contributed by atoms with van der Waals surface area (Å²) >= 11 is 0. The van der Waals surface area contributed by atoms with E-state index in [0.717, 1.165) is 11.3 Å². The molecule has 0 bridgehead atoms. The first-order valence-corrected chi connectivity index (χ1v) is 7.60. The highest BCUT2D eigenvalue weighted by atomic mass is 16.1. The summed E-state index contributed by atoms with van der Waals surface area (Å²) in [4.78, 5) is 16.3. The number of rotatable bonds is 5. The second-order valence-electron chi connectivity index (χ2n) is 5.79. The minimum Gasteiger partial charge on any atom is -0.352 e. The van der Waals surface area contributed by atoms with Crippen LogP contribution in [0.3, 0.4) is 0 Å². The predicted molar refractivity (Wildman–Crippen MR) is 80.2 cm³/mol. The molecule has 4 nitrogen and oxygen atoms in total. The molecule has 1 amide bonds. The monoisotopic (exact) mass is 275 g/mol. The van der Waals surface area contributed by atoms with Crippen molar-refractivity contribution >= 4 is 5.91 Å². The molecule has 1 fully saturated rings. The van der Waals surface area contributed by atoms with E-state index in [9.17, 15) is 4.79 Å². The van der Waals surface area contributed by atoms with Crippen LogP contribution in [0.1, 0.15) is 43.4 Å². The van der Waals surface area contributed by atoms with Crippen molar-refractivity contribution < 1.29 is 4.79 Å². The molecule has 0 radical (unpaired) electrons. The number of carbonyl (C=O) groups excluding carboxylic acids is 1. The van der Waals surface area contributed by atoms with Crippen molar-refractivity contribution in [1.29, 1.82) is 0 Å². The molecule has 1 heterocycles. The fourth-order valence-corrected chi connectivity index (χ4v) is 2.95. The molecule has 1 aliphatic carbocycles. The third-order valence-electron chi connectivity index (χ3n) is 4.16. The summed E-state index contributed by atoms with van der Waals surface area (Å²) in [5, 5.41) is 3.11. The molecule has 1 aliphatic rings. The van der Waals surface area contributed by atoms with E-state index in [1.54, 1.807) is 6.20 Å². The van der Waals surface area contributed by atoms with Crippen LogP contribution in [0.15, 0.2) is 18.3 Å². The zero-order valence-electron chi connectivity index (χ0n) is 12.3. The second-order valence-corrected chi connectivity index (χ2v) is 5.79. The van der Waals surface area contributed by atoms with E-state index >= 15 is 0 Å². The zero-order valence-corrected chi connectivity index (χ0v) is 12.3. The SMILES string of the molecule is Cc1ccc(CC(=O)NC(CN)C2CCCCC2)cn1. The van der Waals surface area contributed by atoms with E-state index in [-0.39, 0.29) is 11.9 Å². The van der Waals surface area contributed by atoms with Gasteiger partial charge in [0.2, 0.25) is 5.91 Å². The third kappa shape index (κ3) is 4.30. The number of nitrogens with zero attached hydrogens (tertiary/aromatic N) is 1. The Bertz CT molecular complexity index is 424. The van der Waals surface area contributed by atoms with Crippen LogP contribution in [0.5, 0.6) is 0 Å². The van der Waals surface area contributed by atoms with E-state index in [0.29, 0.717) is 18.9 Å². The van der Waals surface area contributed by atoms with Gasteiger partial charge in [-0.2, -0.15) is 0 Å². The van der Waals surface area contributed by atoms with E-state index in [4.69, 9.17) is 5.73 Å². The Balaban J connectivity index is 1.86. The Labute approximate surface area is 121 Å². The molecule has 0 saturated heterocycles. The van der Waals surface area contributed by atoms with Crippen molar-refractivity contribution in [1.82, 2.24) is 10.3 Å². The minimum atomic E-state index is 0.0525. The molecule has 2 rings (SSSR count). The van der Waals surface area contributed by atoms with Crippen LogP contribution in [-0.4, -0.2) is 23.5 Å². The highest BCUT2D eigenvalue weighted by Gasteiger charge is 2.23. The van der Waals surface area contributed by atoms with Crippen molar-refractivity contribution in [2.45, 2.75) is 51.5 Å². The molecule has 1 atom stereocenters. The Morgan fingerprint density at radius 2 is 2.15 bits per heavy atom. The number of hydrogen-bond acceptors (Lipinski definition) is 3. The number of amides is 1. The highest BCUT2D eigenvalue weighted by Crippen LogP contribution is 2.26. The summed E-state index contributed by atoms with van der Waals surface area (Å²) in [6, 6.07) is 4.02. The van der Waals surface area contributed by atoms with Crippen LogP contribution in [0.25, 0.3) is 0 Å². The molecule has 3 N–H and O–H groups in total. The number of aromatic nitrogens is 1. The van der Waals surface area contributed by atoms with Crippen LogP contribution in [0.2, 0.25) is 0 Å². The Morgan fingerprint density at radius 3 is 2.75 bits per heavy atom. The molecule has 1 aromatic rings. The molecule has 20 heavy (non-hydrogen) atoms. The maximum absolute atomic E-state index is 12.1. The fraction of sp³-hybridized carbons (Fsp3) is 0.625. The van der Waals surface area contributed by atoms with Crippen LogP contribution < -0.4 is 11.1 Å². The van der Waals surface area contributed by atoms with Crippen LogP contribution in [0, 0.1) is 12.8 Å². The molecule has 1 aromatic heterocycles. The third-order valence-corrected chi connectivity index (χ3v) is 4.16. The molecule has 0 aromatic carbocycles. The van der Waals surface area contributed by atoms with Crippen LogP contribution in [0.4, 0.5) is 0 Å². The lowest BCUT2D eigenvalue weighted by molar-refractivity contribution is -0.121. The first kappa shape index (κ1) is 15.0. The molecule has 1 unspecified atom stereocenters. The lowest BCUT2D eigenvalue weighted by Gasteiger charge is -2.30. The normalized spacial score (nSPS) is 17.7. The van der Waals surface area contributed by atoms with Gasteiger partial charge in [0.25, 0.3) is 0 Å². The van der Waals surface area contributed by atoms with Gasteiger partial charge in [0.1, 0.15) is 0 Å². The van der Waals surface area contributed by atoms with Gasteiger partial charge < -0.3 is 11.1 Å². The largest absolute Gasteiger partial charge is 0.352 e. The smallest absolute Gasteiger partial charge is 0.224 e. The summed E-state index contributed by atoms with van der Waals surface area (Å²) < 4.78 is 0. The predicted octanol–water partition coefficient (Wildman–Crippen LogP) is 1.96. The van der Waals surface area contributed by atoms with Crippen LogP contribution in [-0.2, 0) is 11.2 Å². The van der Waals surface area contributed by atoms with Crippen LogP contribution >= 0.6 is 0 Å². The number of carbonyl (C=O) groups is 1. The van der Waals surface area contributed by atoms with Crippen molar-refractivity contribution in [2.24, 2.45) is 11.7 Å². The number of nitrogens with one attached hydrogen (secondary N) is 1. The van der Waals surface area contributed by atoms with Gasteiger partial charge in [-0.3, -0.25) is 9.78 Å². The summed E-state index contributed by atoms with van der Waals surface area (Å²) in [5.74, 6) is 0.602. The summed E-state index contributed by atoms with van der Waals surface area (Å²) in [6.45, 7) is 2.47. The Kier molecular flexibility index (Phi) is 5.53. The standard InChI is InChI=1S/C16H25N3O/c1-12-7-8-13(11-18-12)9-16(20)19-15(10-17)14-5-3-2-4-6-14/h7-8,11,14-15H,2-6,9-10,17H2,1H3,(H,19,20). The molecule has 0 spiro atoms. The summed E-state index contributed by atoms with van der Waals surface area (Å²) in [7, 11) is 0. The van der Waals surface area contributed by atoms with E-state index in [2.05, 4.69) is 10.3 Å². The maximum atomic E-state index is 12.1. The van der Waals surface area contributed by atoms with E-state index < -0.39 is 0 Å². The number of nitrogens with two attached hydrogens (primary N) is 1. The summed E-state index contributed by atoms with van der Waals surface area (Å²) in [5.41, 5.74) is 7.76. The average Bonchev–Trinajstić information content (AvgIpc) is 2.48. The maximum Gasteiger partial charge on any atom is 0.224 e. The van der Waals surface area contributed by atoms with Gasteiger partial charge >= 0.3 is 0 Å². The Hall–Kier alpha value is -1.42. The van der Waals surface area contributed by atoms with Gasteiger partial charge in [0.15, 0.2) is 0 Å². The number of pyridine rings is 1. The minimum absolute atomic E-state index is 0.0525. The van der Waals surface area contributed by atoms with E-state index in [1.807, 2.05) is 19.1 Å². The highest BCUT2D eigenvalue weighted by molar-refractivity contribution is 5.78. The van der Waals surface area contributed by atoms with Crippen molar-refractivity contribution in [3.05, 3.63) is 29.6 Å². The van der Waals surface area contributed by atoms with E-state index in [1.165, 1.54) is 32.1 Å². The van der Waals surface area contributed by atoms with Gasteiger partial charge in [-0.25, -0.2) is 0 Å². The van der Waals surface area contributed by atoms with Gasteiger partial charge in [-0.1, -0.05) is 25.3 Å². The number of hydrogen-bond donors (Lipinski definition) is 2. The fourth-order valence-electron chi connectivity index (χ4n) is 2.95. The van der Waals surface area contributed by atoms with Gasteiger partial charge in [-0.15, -0.1) is 0 Å². The molecule has 1 saturated carbocycles. The second kappa shape index (κ2) is 7.39. The number of aryl methyl sites for hydroxylation is 1. The van der Waals surface area contributed by atoms with Crippen molar-refractivity contribution in [2.75, 3.05) is 6.54 Å². The molecule has 110 valence electrons. The topological polar surface area (TPSA) is 68.0 Å². The van der Waals surface area contributed by atoms with Crippen molar-refractivity contribution in [3.63, 3.8) is 0 Å². The molecular formula is C16H25N3O. The first-order chi connectivity index (χ1) is 9.69. The lowest BCUT2D eigenvalue weighted by Crippen LogP contribution is -2.46. The first-order valence-electron chi connectivity index (χ1n) is 7.60. The Morgan fingerprint density at radius 1 is 1.40 bits per heavy atom. The zero-order chi connectivity index (χ0) is 14.4. The van der Waals surface area contributed by atoms with Gasteiger partial charge in [-0.05, 0) is 37.3 Å². The molecular weight excluding hydrogens is 250 g/mol. The lowest BCUT2D eigenvalue weighted by atomic mass is 9.84. The molecule has 4 heteroatoms.